The number of fused-ring (bicyclic) bond motifs is 1. The minimum Gasteiger partial charge on any atom is -0.497 e. The van der Waals surface area contributed by atoms with Gasteiger partial charge in [0.05, 0.1) is 18.9 Å². The molecule has 1 heterocycles. The number of carbonyl (C=O) groups excluding carboxylic acids is 1. The van der Waals surface area contributed by atoms with Gasteiger partial charge in [-0.3, -0.25) is 4.79 Å². The quantitative estimate of drug-likeness (QED) is 0.431. The van der Waals surface area contributed by atoms with E-state index in [1.165, 1.54) is 17.1 Å². The lowest BCUT2D eigenvalue weighted by molar-refractivity contribution is -0.119. The SMILES string of the molecule is COc1ccc(-c2nnc(SCC(=O)NC(C)c3ccc4ccccc4c3)o2)cc1. The zero-order valence-electron chi connectivity index (χ0n) is 16.7. The molecule has 0 saturated carbocycles. The average molecular weight is 420 g/mol. The number of ether oxygens (including phenoxy) is 1. The molecule has 152 valence electrons. The standard InChI is InChI=1S/C23H21N3O3S/c1-15(18-8-7-16-5-3-4-6-19(16)13-18)24-21(27)14-30-23-26-25-22(29-23)17-9-11-20(28-2)12-10-17/h3-13,15H,14H2,1-2H3,(H,24,27). The molecule has 0 radical (unpaired) electrons. The van der Waals surface area contributed by atoms with E-state index in [4.69, 9.17) is 9.15 Å². The number of methoxy groups -OCH3 is 1. The Labute approximate surface area is 178 Å². The topological polar surface area (TPSA) is 77.2 Å². The van der Waals surface area contributed by atoms with Crippen molar-refractivity contribution in [3.63, 3.8) is 0 Å². The van der Waals surface area contributed by atoms with Crippen LogP contribution in [0.4, 0.5) is 0 Å². The summed E-state index contributed by atoms with van der Waals surface area (Å²) in [5.74, 6) is 1.27. The Bertz CT molecular complexity index is 1160. The van der Waals surface area contributed by atoms with Crippen LogP contribution in [-0.2, 0) is 4.79 Å². The Morgan fingerprint density at radius 3 is 2.60 bits per heavy atom. The van der Waals surface area contributed by atoms with E-state index in [1.807, 2.05) is 49.4 Å². The summed E-state index contributed by atoms with van der Waals surface area (Å²) in [6, 6.07) is 21.6. The molecule has 1 N–H and O–H groups in total. The minimum atomic E-state index is -0.0970. The van der Waals surface area contributed by atoms with Crippen molar-refractivity contribution in [3.05, 3.63) is 72.3 Å². The Morgan fingerprint density at radius 1 is 1.07 bits per heavy atom. The molecule has 6 nitrogen and oxygen atoms in total. The Morgan fingerprint density at radius 2 is 1.83 bits per heavy atom. The van der Waals surface area contributed by atoms with Crippen LogP contribution in [0.2, 0.25) is 0 Å². The van der Waals surface area contributed by atoms with Crippen molar-refractivity contribution in [1.29, 1.82) is 0 Å². The maximum Gasteiger partial charge on any atom is 0.277 e. The van der Waals surface area contributed by atoms with Crippen molar-refractivity contribution in [2.24, 2.45) is 0 Å². The average Bonchev–Trinajstić information content (AvgIpc) is 3.26. The van der Waals surface area contributed by atoms with Gasteiger partial charge in [0.25, 0.3) is 5.22 Å². The van der Waals surface area contributed by atoms with Crippen LogP contribution in [0.15, 0.2) is 76.4 Å². The molecule has 1 amide bonds. The number of benzene rings is 3. The largest absolute Gasteiger partial charge is 0.497 e. The Balaban J connectivity index is 1.33. The first-order chi connectivity index (χ1) is 14.6. The molecule has 0 bridgehead atoms. The highest BCUT2D eigenvalue weighted by atomic mass is 32.2. The number of hydrogen-bond donors (Lipinski definition) is 1. The van der Waals surface area contributed by atoms with Crippen LogP contribution in [0.3, 0.4) is 0 Å². The first-order valence-electron chi connectivity index (χ1n) is 9.51. The lowest BCUT2D eigenvalue weighted by Gasteiger charge is -2.14. The Hall–Kier alpha value is -3.32. The molecule has 1 aromatic heterocycles. The molecule has 4 rings (SSSR count). The van der Waals surface area contributed by atoms with Gasteiger partial charge in [-0.25, -0.2) is 0 Å². The van der Waals surface area contributed by atoms with Gasteiger partial charge >= 0.3 is 0 Å². The van der Waals surface area contributed by atoms with E-state index in [0.717, 1.165) is 22.3 Å². The minimum absolute atomic E-state index is 0.0927. The van der Waals surface area contributed by atoms with Gasteiger partial charge in [0, 0.05) is 5.56 Å². The number of aromatic nitrogens is 2. The number of nitrogens with zero attached hydrogens (tertiary/aromatic N) is 2. The monoisotopic (exact) mass is 419 g/mol. The predicted octanol–water partition coefficient (Wildman–Crippen LogP) is 4.87. The number of hydrogen-bond acceptors (Lipinski definition) is 6. The summed E-state index contributed by atoms with van der Waals surface area (Å²) in [4.78, 5) is 12.4. The van der Waals surface area contributed by atoms with Crippen LogP contribution in [0.1, 0.15) is 18.5 Å². The van der Waals surface area contributed by atoms with Crippen LogP contribution < -0.4 is 10.1 Å². The summed E-state index contributed by atoms with van der Waals surface area (Å²) in [6.45, 7) is 1.97. The fourth-order valence-corrected chi connectivity index (χ4v) is 3.66. The molecule has 4 aromatic rings. The zero-order valence-corrected chi connectivity index (χ0v) is 17.5. The maximum atomic E-state index is 12.4. The van der Waals surface area contributed by atoms with Crippen molar-refractivity contribution < 1.29 is 13.9 Å². The number of thioether (sulfide) groups is 1. The van der Waals surface area contributed by atoms with E-state index in [1.54, 1.807) is 7.11 Å². The summed E-state index contributed by atoms with van der Waals surface area (Å²) in [7, 11) is 1.61. The van der Waals surface area contributed by atoms with Crippen LogP contribution in [-0.4, -0.2) is 29.0 Å². The van der Waals surface area contributed by atoms with E-state index in [0.29, 0.717) is 11.1 Å². The molecule has 0 aliphatic rings. The van der Waals surface area contributed by atoms with Gasteiger partial charge in [0.2, 0.25) is 11.8 Å². The second kappa shape index (κ2) is 9.00. The third kappa shape index (κ3) is 4.63. The molecule has 0 fully saturated rings. The van der Waals surface area contributed by atoms with Gasteiger partial charge < -0.3 is 14.5 Å². The summed E-state index contributed by atoms with van der Waals surface area (Å²) in [6.07, 6.45) is 0. The highest BCUT2D eigenvalue weighted by Crippen LogP contribution is 2.25. The fraction of sp³-hybridized carbons (Fsp3) is 0.174. The summed E-state index contributed by atoms with van der Waals surface area (Å²) >= 11 is 1.21. The molecular formula is C23H21N3O3S. The molecular weight excluding hydrogens is 398 g/mol. The summed E-state index contributed by atoms with van der Waals surface area (Å²) in [5, 5.41) is 13.8. The molecule has 3 aromatic carbocycles. The number of amides is 1. The molecule has 30 heavy (non-hydrogen) atoms. The summed E-state index contributed by atoms with van der Waals surface area (Å²) < 4.78 is 10.8. The van der Waals surface area contributed by atoms with Gasteiger partial charge in [-0.15, -0.1) is 10.2 Å². The van der Waals surface area contributed by atoms with Crippen molar-refractivity contribution in [2.45, 2.75) is 18.2 Å². The smallest absolute Gasteiger partial charge is 0.277 e. The second-order valence-electron chi connectivity index (χ2n) is 6.79. The van der Waals surface area contributed by atoms with Crippen LogP contribution >= 0.6 is 11.8 Å². The fourth-order valence-electron chi connectivity index (χ4n) is 3.09. The van der Waals surface area contributed by atoms with Gasteiger partial charge in [-0.1, -0.05) is 48.2 Å². The third-order valence-electron chi connectivity index (χ3n) is 4.72. The molecule has 0 spiro atoms. The highest BCUT2D eigenvalue weighted by Gasteiger charge is 2.14. The number of carbonyl (C=O) groups is 1. The summed E-state index contributed by atoms with van der Waals surface area (Å²) in [5.41, 5.74) is 1.86. The lowest BCUT2D eigenvalue weighted by Crippen LogP contribution is -2.28. The molecule has 0 saturated heterocycles. The predicted molar refractivity (Wildman–Crippen MR) is 118 cm³/mol. The van der Waals surface area contributed by atoms with Crippen molar-refractivity contribution >= 4 is 28.4 Å². The van der Waals surface area contributed by atoms with Crippen molar-refractivity contribution in [3.8, 4) is 17.2 Å². The molecule has 1 unspecified atom stereocenters. The molecule has 0 aliphatic heterocycles. The second-order valence-corrected chi connectivity index (χ2v) is 7.71. The maximum absolute atomic E-state index is 12.4. The van der Waals surface area contributed by atoms with E-state index in [2.05, 4.69) is 39.8 Å². The zero-order chi connectivity index (χ0) is 20.9. The van der Waals surface area contributed by atoms with Crippen LogP contribution in [0.25, 0.3) is 22.2 Å². The van der Waals surface area contributed by atoms with Crippen molar-refractivity contribution in [1.82, 2.24) is 15.5 Å². The van der Waals surface area contributed by atoms with E-state index >= 15 is 0 Å². The lowest BCUT2D eigenvalue weighted by atomic mass is 10.0. The first kappa shape index (κ1) is 20.0. The third-order valence-corrected chi connectivity index (χ3v) is 5.54. The molecule has 1 atom stereocenters. The van der Waals surface area contributed by atoms with E-state index in [9.17, 15) is 4.79 Å². The number of nitrogens with one attached hydrogen (secondary N) is 1. The van der Waals surface area contributed by atoms with Crippen LogP contribution in [0.5, 0.6) is 5.75 Å². The first-order valence-corrected chi connectivity index (χ1v) is 10.5. The molecule has 7 heteroatoms. The highest BCUT2D eigenvalue weighted by molar-refractivity contribution is 7.99. The van der Waals surface area contributed by atoms with Gasteiger partial charge in [0.1, 0.15) is 5.75 Å². The van der Waals surface area contributed by atoms with E-state index in [-0.39, 0.29) is 17.7 Å². The van der Waals surface area contributed by atoms with E-state index < -0.39 is 0 Å². The normalized spacial score (nSPS) is 11.9. The Kier molecular flexibility index (Phi) is 5.99. The van der Waals surface area contributed by atoms with Crippen LogP contribution in [0, 0.1) is 0 Å². The van der Waals surface area contributed by atoms with Gasteiger partial charge in [0.15, 0.2) is 0 Å². The van der Waals surface area contributed by atoms with Gasteiger partial charge in [-0.05, 0) is 53.6 Å². The number of rotatable bonds is 7. The van der Waals surface area contributed by atoms with Crippen molar-refractivity contribution in [2.75, 3.05) is 12.9 Å². The molecule has 0 aliphatic carbocycles. The van der Waals surface area contributed by atoms with Gasteiger partial charge in [-0.2, -0.15) is 0 Å².